The Hall–Kier alpha value is -2.06. The van der Waals surface area contributed by atoms with E-state index in [4.69, 9.17) is 11.6 Å². The van der Waals surface area contributed by atoms with Gasteiger partial charge in [0.1, 0.15) is 0 Å². The molecule has 0 aliphatic heterocycles. The van der Waals surface area contributed by atoms with Gasteiger partial charge in [0.05, 0.1) is 0 Å². The van der Waals surface area contributed by atoms with Crippen molar-refractivity contribution in [2.75, 3.05) is 4.90 Å². The van der Waals surface area contributed by atoms with Gasteiger partial charge < -0.3 is 0 Å². The van der Waals surface area contributed by atoms with Crippen LogP contribution in [0.1, 0.15) is 23.2 Å². The van der Waals surface area contributed by atoms with E-state index in [-0.39, 0.29) is 5.91 Å². The fourth-order valence-electron chi connectivity index (χ4n) is 2.31. The number of amides is 1. The van der Waals surface area contributed by atoms with Crippen LogP contribution in [0.4, 0.5) is 5.69 Å². The van der Waals surface area contributed by atoms with Gasteiger partial charge in [-0.2, -0.15) is 0 Å². The van der Waals surface area contributed by atoms with E-state index in [0.29, 0.717) is 16.5 Å². The number of hydrogen-bond acceptors (Lipinski definition) is 1. The second kappa shape index (κ2) is 5.74. The van der Waals surface area contributed by atoms with Gasteiger partial charge in [-0.1, -0.05) is 36.4 Å². The summed E-state index contributed by atoms with van der Waals surface area (Å²) in [5.74, 6) is 0.358. The van der Waals surface area contributed by atoms with Gasteiger partial charge in [0.25, 0.3) is 5.91 Å². The van der Waals surface area contributed by atoms with Gasteiger partial charge in [-0.3, -0.25) is 9.69 Å². The van der Waals surface area contributed by atoms with Gasteiger partial charge in [-0.15, -0.1) is 0 Å². The van der Waals surface area contributed by atoms with Crippen LogP contribution in [0, 0.1) is 5.92 Å². The normalized spacial score (nSPS) is 13.8. The van der Waals surface area contributed by atoms with E-state index < -0.39 is 0 Å². The zero-order valence-corrected chi connectivity index (χ0v) is 12.4. The molecule has 0 heterocycles. The zero-order valence-electron chi connectivity index (χ0n) is 11.6. The van der Waals surface area contributed by atoms with E-state index >= 15 is 0 Å². The topological polar surface area (TPSA) is 20.3 Å². The molecule has 0 atom stereocenters. The second-order valence-electron chi connectivity index (χ2n) is 5.25. The molecule has 3 heteroatoms. The molecule has 21 heavy (non-hydrogen) atoms. The highest BCUT2D eigenvalue weighted by Gasteiger charge is 2.32. The van der Waals surface area contributed by atoms with Crippen molar-refractivity contribution in [2.24, 2.45) is 5.92 Å². The first-order valence-corrected chi connectivity index (χ1v) is 7.38. The van der Waals surface area contributed by atoms with Crippen molar-refractivity contribution < 1.29 is 4.79 Å². The Bertz CT molecular complexity index is 659. The number of hydrogen-bond donors (Lipinski definition) is 0. The molecule has 1 saturated carbocycles. The molecule has 0 saturated heterocycles. The van der Waals surface area contributed by atoms with E-state index in [1.165, 1.54) is 0 Å². The Morgan fingerprint density at radius 3 is 2.24 bits per heavy atom. The Morgan fingerprint density at radius 2 is 1.67 bits per heavy atom. The monoisotopic (exact) mass is 297 g/mol. The zero-order chi connectivity index (χ0) is 14.8. The van der Waals surface area contributed by atoms with E-state index in [9.17, 15) is 4.79 Å². The summed E-state index contributed by atoms with van der Waals surface area (Å²) in [5, 5.41) is 0.624. The Labute approximate surface area is 129 Å². The minimum absolute atomic E-state index is 0.0604. The van der Waals surface area contributed by atoms with Crippen molar-refractivity contribution in [1.82, 2.24) is 0 Å². The Kier molecular flexibility index (Phi) is 3.80. The standard InChI is InChI=1S/C18H16ClNO/c1-13(14-7-8-14)20(17-5-3-2-4-6-17)18(21)15-9-11-16(19)12-10-15/h2-6,9-12,14H,1,7-8H2. The van der Waals surface area contributed by atoms with Crippen LogP contribution >= 0.6 is 11.6 Å². The van der Waals surface area contributed by atoms with Crippen LogP contribution in [0.5, 0.6) is 0 Å². The first-order chi connectivity index (χ1) is 10.2. The molecule has 0 aromatic heterocycles. The van der Waals surface area contributed by atoms with Crippen LogP contribution < -0.4 is 4.90 Å². The first-order valence-electron chi connectivity index (χ1n) is 7.00. The summed E-state index contributed by atoms with van der Waals surface area (Å²) in [4.78, 5) is 14.6. The Morgan fingerprint density at radius 1 is 1.05 bits per heavy atom. The fourth-order valence-corrected chi connectivity index (χ4v) is 2.44. The Balaban J connectivity index is 1.96. The smallest absolute Gasteiger partial charge is 0.262 e. The number of para-hydroxylation sites is 1. The number of allylic oxidation sites excluding steroid dienone is 1. The summed E-state index contributed by atoms with van der Waals surface area (Å²) in [7, 11) is 0. The highest BCUT2D eigenvalue weighted by Crippen LogP contribution is 2.39. The van der Waals surface area contributed by atoms with E-state index in [2.05, 4.69) is 6.58 Å². The molecule has 1 fully saturated rings. The van der Waals surface area contributed by atoms with Gasteiger partial charge in [0, 0.05) is 22.0 Å². The highest BCUT2D eigenvalue weighted by molar-refractivity contribution is 6.30. The number of nitrogens with zero attached hydrogens (tertiary/aromatic N) is 1. The average molecular weight is 298 g/mol. The van der Waals surface area contributed by atoms with Crippen LogP contribution in [0.3, 0.4) is 0 Å². The maximum atomic E-state index is 12.9. The molecular formula is C18H16ClNO. The molecule has 0 unspecified atom stereocenters. The number of halogens is 1. The second-order valence-corrected chi connectivity index (χ2v) is 5.69. The third-order valence-corrected chi connectivity index (χ3v) is 3.90. The van der Waals surface area contributed by atoms with Crippen LogP contribution in [0.2, 0.25) is 5.02 Å². The molecule has 0 radical (unpaired) electrons. The molecule has 0 bridgehead atoms. The van der Waals surface area contributed by atoms with Crippen molar-refractivity contribution in [1.29, 1.82) is 0 Å². The molecule has 1 amide bonds. The van der Waals surface area contributed by atoms with Crippen molar-refractivity contribution in [3.63, 3.8) is 0 Å². The lowest BCUT2D eigenvalue weighted by molar-refractivity contribution is 0.0993. The number of carbonyl (C=O) groups is 1. The van der Waals surface area contributed by atoms with Gasteiger partial charge in [0.15, 0.2) is 0 Å². The van der Waals surface area contributed by atoms with Gasteiger partial charge in [0.2, 0.25) is 0 Å². The lowest BCUT2D eigenvalue weighted by atomic mass is 10.1. The average Bonchev–Trinajstić information content (AvgIpc) is 3.34. The van der Waals surface area contributed by atoms with Crippen molar-refractivity contribution in [3.05, 3.63) is 77.5 Å². The quantitative estimate of drug-likeness (QED) is 0.785. The molecule has 0 spiro atoms. The van der Waals surface area contributed by atoms with Crippen molar-refractivity contribution in [2.45, 2.75) is 12.8 Å². The van der Waals surface area contributed by atoms with Gasteiger partial charge >= 0.3 is 0 Å². The number of benzene rings is 2. The molecular weight excluding hydrogens is 282 g/mol. The molecule has 2 nitrogen and oxygen atoms in total. The SMILES string of the molecule is C=C(C1CC1)N(C(=O)c1ccc(Cl)cc1)c1ccccc1. The van der Waals surface area contributed by atoms with Crippen LogP contribution in [0.25, 0.3) is 0 Å². The number of anilines is 1. The van der Waals surface area contributed by atoms with E-state index in [1.54, 1.807) is 29.2 Å². The summed E-state index contributed by atoms with van der Waals surface area (Å²) in [6, 6.07) is 16.6. The molecule has 0 N–H and O–H groups in total. The maximum Gasteiger partial charge on any atom is 0.262 e. The third-order valence-electron chi connectivity index (χ3n) is 3.64. The number of carbonyl (C=O) groups excluding carboxylic acids is 1. The minimum Gasteiger partial charge on any atom is -0.281 e. The van der Waals surface area contributed by atoms with Gasteiger partial charge in [-0.25, -0.2) is 0 Å². The summed E-state index contributed by atoms with van der Waals surface area (Å²) >= 11 is 5.89. The molecule has 1 aliphatic carbocycles. The predicted octanol–water partition coefficient (Wildman–Crippen LogP) is 4.91. The maximum absolute atomic E-state index is 12.9. The summed E-state index contributed by atoms with van der Waals surface area (Å²) in [6.45, 7) is 4.14. The third kappa shape index (κ3) is 3.01. The minimum atomic E-state index is -0.0604. The molecule has 2 aromatic carbocycles. The highest BCUT2D eigenvalue weighted by atomic mass is 35.5. The first kappa shape index (κ1) is 13.9. The molecule has 1 aliphatic rings. The van der Waals surface area contributed by atoms with Crippen LogP contribution in [0.15, 0.2) is 66.9 Å². The number of rotatable bonds is 4. The molecule has 3 rings (SSSR count). The van der Waals surface area contributed by atoms with E-state index in [0.717, 1.165) is 24.2 Å². The fraction of sp³-hybridized carbons (Fsp3) is 0.167. The summed E-state index contributed by atoms with van der Waals surface area (Å²) < 4.78 is 0. The van der Waals surface area contributed by atoms with E-state index in [1.807, 2.05) is 30.3 Å². The van der Waals surface area contributed by atoms with Crippen LogP contribution in [-0.2, 0) is 0 Å². The molecule has 106 valence electrons. The predicted molar refractivity (Wildman–Crippen MR) is 86.6 cm³/mol. The van der Waals surface area contributed by atoms with Gasteiger partial charge in [-0.05, 0) is 55.2 Å². The summed E-state index contributed by atoms with van der Waals surface area (Å²) in [6.07, 6.45) is 2.21. The van der Waals surface area contributed by atoms with Crippen LogP contribution in [-0.4, -0.2) is 5.91 Å². The van der Waals surface area contributed by atoms with Crippen molar-refractivity contribution >= 4 is 23.2 Å². The largest absolute Gasteiger partial charge is 0.281 e. The molecule has 2 aromatic rings. The van der Waals surface area contributed by atoms with Crippen molar-refractivity contribution in [3.8, 4) is 0 Å². The summed E-state index contributed by atoms with van der Waals surface area (Å²) in [5.41, 5.74) is 2.35. The lowest BCUT2D eigenvalue weighted by Gasteiger charge is -2.25. The lowest BCUT2D eigenvalue weighted by Crippen LogP contribution is -2.30.